The van der Waals surface area contributed by atoms with Crippen molar-refractivity contribution in [2.45, 2.75) is 31.8 Å². The number of furan rings is 1. The summed E-state index contributed by atoms with van der Waals surface area (Å²) in [5, 5.41) is 0. The van der Waals surface area contributed by atoms with Crippen molar-refractivity contribution in [1.82, 2.24) is 0 Å². The molecule has 1 heterocycles. The predicted octanol–water partition coefficient (Wildman–Crippen LogP) is 8.53. The highest BCUT2D eigenvalue weighted by molar-refractivity contribution is 6.07. The number of allylic oxidation sites excluding steroid dienone is 2. The number of rotatable bonds is 11. The molecule has 0 bridgehead atoms. The van der Waals surface area contributed by atoms with Crippen LogP contribution in [0.25, 0.3) is 22.5 Å². The van der Waals surface area contributed by atoms with Gasteiger partial charge in [-0.1, -0.05) is 121 Å². The van der Waals surface area contributed by atoms with Crippen molar-refractivity contribution in [3.05, 3.63) is 155 Å². The molecule has 6 rings (SSSR count). The van der Waals surface area contributed by atoms with Crippen LogP contribution >= 0.6 is 0 Å². The first-order valence-corrected chi connectivity index (χ1v) is 16.2. The van der Waals surface area contributed by atoms with Crippen LogP contribution in [-0.2, 0) is 30.2 Å². The van der Waals surface area contributed by atoms with Crippen molar-refractivity contribution in [1.29, 1.82) is 0 Å². The van der Waals surface area contributed by atoms with Crippen LogP contribution in [0.15, 0.2) is 126 Å². The van der Waals surface area contributed by atoms with E-state index in [9.17, 15) is 14.4 Å². The molecule has 1 aliphatic carbocycles. The third kappa shape index (κ3) is 6.50. The molecule has 0 aliphatic heterocycles. The lowest BCUT2D eigenvalue weighted by atomic mass is 9.68. The van der Waals surface area contributed by atoms with Gasteiger partial charge in [0.05, 0.1) is 14.2 Å². The van der Waals surface area contributed by atoms with Crippen molar-refractivity contribution >= 4 is 28.9 Å². The number of ether oxygens (including phenoxy) is 3. The molecule has 0 N–H and O–H groups in total. The Morgan fingerprint density at radius 3 is 1.76 bits per heavy atom. The summed E-state index contributed by atoms with van der Waals surface area (Å²) in [6, 6.07) is 38.5. The first-order valence-electron chi connectivity index (χ1n) is 16.2. The lowest BCUT2D eigenvalue weighted by Gasteiger charge is -2.34. The van der Waals surface area contributed by atoms with Gasteiger partial charge in [-0.05, 0) is 28.7 Å². The Balaban J connectivity index is 1.68. The molecular weight excluding hydrogens is 616 g/mol. The number of hydrogen-bond donors (Lipinski definition) is 0. The Bertz CT molecular complexity index is 1940. The van der Waals surface area contributed by atoms with Crippen molar-refractivity contribution in [2.75, 3.05) is 21.3 Å². The Kier molecular flexibility index (Phi) is 10.0. The second-order valence-electron chi connectivity index (χ2n) is 12.1. The summed E-state index contributed by atoms with van der Waals surface area (Å²) in [5.41, 5.74) is 4.50. The van der Waals surface area contributed by atoms with Crippen LogP contribution in [0.5, 0.6) is 0 Å². The zero-order valence-corrected chi connectivity index (χ0v) is 27.8. The van der Waals surface area contributed by atoms with Crippen molar-refractivity contribution in [3.63, 3.8) is 0 Å². The Morgan fingerprint density at radius 2 is 1.20 bits per heavy atom. The molecule has 1 unspecified atom stereocenters. The first kappa shape index (κ1) is 33.4. The van der Waals surface area contributed by atoms with E-state index in [0.717, 1.165) is 33.4 Å². The average molecular weight is 655 g/mol. The topological polar surface area (TPSA) is 92.0 Å². The fourth-order valence-electron chi connectivity index (χ4n) is 6.91. The quantitative estimate of drug-likeness (QED) is 0.0801. The fourth-order valence-corrected chi connectivity index (χ4v) is 6.91. The van der Waals surface area contributed by atoms with Gasteiger partial charge in [-0.25, -0.2) is 0 Å². The highest BCUT2D eigenvalue weighted by atomic mass is 16.5. The SMILES string of the molecule is COC(=O)C1(C(=O)OC)C/C(=C(/CCC(=O)c2ccccc2)c2ccccc2)c2c(oc(-c3ccccc3)c2C(OC)c2ccccc2)C1. The zero-order chi connectivity index (χ0) is 34.4. The van der Waals surface area contributed by atoms with Crippen molar-refractivity contribution in [2.24, 2.45) is 5.41 Å². The molecule has 0 spiro atoms. The molecular formula is C42H38O7. The molecule has 0 amide bonds. The Labute approximate surface area is 286 Å². The maximum Gasteiger partial charge on any atom is 0.324 e. The Hall–Kier alpha value is -5.53. The minimum absolute atomic E-state index is 0.0192. The summed E-state index contributed by atoms with van der Waals surface area (Å²) in [6.45, 7) is 0. The number of esters is 2. The summed E-state index contributed by atoms with van der Waals surface area (Å²) >= 11 is 0. The molecule has 1 aliphatic rings. The molecule has 248 valence electrons. The Morgan fingerprint density at radius 1 is 0.673 bits per heavy atom. The zero-order valence-electron chi connectivity index (χ0n) is 27.8. The van der Waals surface area contributed by atoms with Crippen LogP contribution in [-0.4, -0.2) is 39.1 Å². The molecule has 0 saturated carbocycles. The van der Waals surface area contributed by atoms with E-state index in [1.165, 1.54) is 14.2 Å². The second kappa shape index (κ2) is 14.7. The van der Waals surface area contributed by atoms with Crippen LogP contribution in [0.3, 0.4) is 0 Å². The van der Waals surface area contributed by atoms with Gasteiger partial charge in [0.2, 0.25) is 0 Å². The second-order valence-corrected chi connectivity index (χ2v) is 12.1. The maximum absolute atomic E-state index is 13.8. The number of ketones is 1. The van der Waals surface area contributed by atoms with Crippen molar-refractivity contribution < 1.29 is 33.0 Å². The van der Waals surface area contributed by atoms with Gasteiger partial charge in [-0.3, -0.25) is 14.4 Å². The van der Waals surface area contributed by atoms with E-state index in [4.69, 9.17) is 18.6 Å². The molecule has 7 heteroatoms. The minimum Gasteiger partial charge on any atom is -0.468 e. The minimum atomic E-state index is -1.73. The summed E-state index contributed by atoms with van der Waals surface area (Å²) < 4.78 is 23.7. The number of fused-ring (bicyclic) bond motifs is 1. The number of hydrogen-bond acceptors (Lipinski definition) is 7. The summed E-state index contributed by atoms with van der Waals surface area (Å²) in [4.78, 5) is 41.1. The average Bonchev–Trinajstić information content (AvgIpc) is 3.54. The van der Waals surface area contributed by atoms with Crippen LogP contribution in [0.4, 0.5) is 0 Å². The van der Waals surface area contributed by atoms with Gasteiger partial charge < -0.3 is 18.6 Å². The first-order chi connectivity index (χ1) is 23.9. The van der Waals surface area contributed by atoms with Crippen LogP contribution in [0, 0.1) is 5.41 Å². The number of methoxy groups -OCH3 is 3. The summed E-state index contributed by atoms with van der Waals surface area (Å²) in [7, 11) is 4.19. The third-order valence-electron chi connectivity index (χ3n) is 9.23. The molecule has 5 aromatic rings. The van der Waals surface area contributed by atoms with E-state index in [-0.39, 0.29) is 25.0 Å². The number of Topliss-reactive ketones (excluding diaryl/α,β-unsaturated/α-hetero) is 1. The molecule has 1 aromatic heterocycles. The molecule has 7 nitrogen and oxygen atoms in total. The van der Waals surface area contributed by atoms with Gasteiger partial charge in [-0.15, -0.1) is 0 Å². The smallest absolute Gasteiger partial charge is 0.324 e. The number of carbonyl (C=O) groups excluding carboxylic acids is 3. The summed E-state index contributed by atoms with van der Waals surface area (Å²) in [5.74, 6) is -0.459. The fraction of sp³-hybridized carbons (Fsp3) is 0.214. The van der Waals surface area contributed by atoms with Crippen LogP contribution in [0.1, 0.15) is 63.7 Å². The highest BCUT2D eigenvalue weighted by Crippen LogP contribution is 2.53. The molecule has 49 heavy (non-hydrogen) atoms. The third-order valence-corrected chi connectivity index (χ3v) is 9.23. The van der Waals surface area contributed by atoms with E-state index >= 15 is 0 Å². The van der Waals surface area contributed by atoms with Gasteiger partial charge in [0.25, 0.3) is 0 Å². The highest BCUT2D eigenvalue weighted by Gasteiger charge is 2.54. The van der Waals surface area contributed by atoms with Gasteiger partial charge in [0.15, 0.2) is 11.2 Å². The lowest BCUT2D eigenvalue weighted by molar-refractivity contribution is -0.169. The van der Waals surface area contributed by atoms with E-state index in [1.807, 2.05) is 109 Å². The predicted molar refractivity (Wildman–Crippen MR) is 187 cm³/mol. The molecule has 0 fully saturated rings. The van der Waals surface area contributed by atoms with E-state index < -0.39 is 23.5 Å². The number of carbonyl (C=O) groups is 3. The standard InChI is InChI=1S/C42H38O7/c1-46-38(30-20-12-6-13-21-30)37-36-33(32(28-16-8-4-9-17-28)24-25-34(43)29-18-10-5-11-19-29)26-42(40(44)47-2,41(45)48-3)27-35(36)49-39(37)31-22-14-7-15-23-31/h4-23,38H,24-27H2,1-3H3/b33-32+. The maximum atomic E-state index is 13.8. The van der Waals surface area contributed by atoms with Crippen molar-refractivity contribution in [3.8, 4) is 11.3 Å². The largest absolute Gasteiger partial charge is 0.468 e. The van der Waals surface area contributed by atoms with Gasteiger partial charge in [0.1, 0.15) is 17.6 Å². The normalized spacial score (nSPS) is 15.1. The van der Waals surface area contributed by atoms with Gasteiger partial charge in [-0.2, -0.15) is 0 Å². The van der Waals surface area contributed by atoms with E-state index in [1.54, 1.807) is 19.2 Å². The van der Waals surface area contributed by atoms with Gasteiger partial charge in [0, 0.05) is 48.6 Å². The van der Waals surface area contributed by atoms with Crippen LogP contribution < -0.4 is 0 Å². The monoisotopic (exact) mass is 654 g/mol. The van der Waals surface area contributed by atoms with E-state index in [2.05, 4.69) is 0 Å². The molecule has 4 aromatic carbocycles. The molecule has 0 saturated heterocycles. The molecule has 0 radical (unpaired) electrons. The lowest BCUT2D eigenvalue weighted by Crippen LogP contribution is -2.45. The van der Waals surface area contributed by atoms with Gasteiger partial charge >= 0.3 is 11.9 Å². The molecule has 1 atom stereocenters. The summed E-state index contributed by atoms with van der Waals surface area (Å²) in [6.07, 6.45) is -0.150. The number of benzene rings is 4. The van der Waals surface area contributed by atoms with Crippen LogP contribution in [0.2, 0.25) is 0 Å². The van der Waals surface area contributed by atoms with E-state index in [0.29, 0.717) is 29.1 Å².